The third kappa shape index (κ3) is 5.21. The third-order valence-electron chi connectivity index (χ3n) is 4.74. The maximum absolute atomic E-state index is 13.2. The number of carbonyl (C=O) groups is 1. The van der Waals surface area contributed by atoms with Crippen molar-refractivity contribution >= 4 is 5.91 Å². The summed E-state index contributed by atoms with van der Waals surface area (Å²) in [7, 11) is 0. The summed E-state index contributed by atoms with van der Waals surface area (Å²) in [6.07, 6.45) is 0. The monoisotopic (exact) mass is 418 g/mol. The summed E-state index contributed by atoms with van der Waals surface area (Å²) in [6, 6.07) is 3.49. The highest BCUT2D eigenvalue weighted by molar-refractivity contribution is 5.95. The summed E-state index contributed by atoms with van der Waals surface area (Å²) in [4.78, 5) is 17.2. The first-order valence-electron chi connectivity index (χ1n) is 10.4. The molecule has 0 radical (unpaired) electrons. The van der Waals surface area contributed by atoms with Gasteiger partial charge in [0.2, 0.25) is 17.5 Å². The molecule has 0 spiro atoms. The van der Waals surface area contributed by atoms with Gasteiger partial charge >= 0.3 is 0 Å². The molecule has 0 bridgehead atoms. The summed E-state index contributed by atoms with van der Waals surface area (Å²) >= 11 is 0. The first kappa shape index (κ1) is 21.9. The number of ether oxygens (including phenoxy) is 3. The van der Waals surface area contributed by atoms with Gasteiger partial charge in [0.05, 0.1) is 26.4 Å². The van der Waals surface area contributed by atoms with E-state index >= 15 is 0 Å². The first-order valence-corrected chi connectivity index (χ1v) is 10.4. The molecule has 0 N–H and O–H groups in total. The summed E-state index contributed by atoms with van der Waals surface area (Å²) in [5.74, 6) is 2.70. The second-order valence-electron chi connectivity index (χ2n) is 6.88. The van der Waals surface area contributed by atoms with Gasteiger partial charge in [-0.25, -0.2) is 0 Å². The first-order chi connectivity index (χ1) is 14.5. The van der Waals surface area contributed by atoms with Crippen LogP contribution >= 0.6 is 0 Å². The minimum Gasteiger partial charge on any atom is -0.490 e. The number of aryl methyl sites for hydroxylation is 1. The van der Waals surface area contributed by atoms with Gasteiger partial charge in [0, 0.05) is 38.7 Å². The van der Waals surface area contributed by atoms with Crippen LogP contribution in [0.25, 0.3) is 0 Å². The van der Waals surface area contributed by atoms with E-state index in [9.17, 15) is 4.79 Å². The molecule has 0 unspecified atom stereocenters. The number of hydrogen-bond donors (Lipinski definition) is 0. The second-order valence-corrected chi connectivity index (χ2v) is 6.88. The number of amides is 1. The van der Waals surface area contributed by atoms with Crippen LogP contribution in [0.2, 0.25) is 0 Å². The molecule has 0 aliphatic carbocycles. The number of hydrogen-bond acceptors (Lipinski definition) is 8. The fraction of sp³-hybridized carbons (Fsp3) is 0.571. The van der Waals surface area contributed by atoms with Crippen LogP contribution in [-0.4, -0.2) is 71.9 Å². The lowest BCUT2D eigenvalue weighted by atomic mass is 10.1. The fourth-order valence-corrected chi connectivity index (χ4v) is 3.40. The van der Waals surface area contributed by atoms with Crippen LogP contribution in [0.3, 0.4) is 0 Å². The molecule has 2 heterocycles. The van der Waals surface area contributed by atoms with Gasteiger partial charge in [0.15, 0.2) is 11.5 Å². The smallest absolute Gasteiger partial charge is 0.254 e. The Kier molecular flexibility index (Phi) is 7.51. The fourth-order valence-electron chi connectivity index (χ4n) is 3.40. The van der Waals surface area contributed by atoms with Crippen molar-refractivity contribution in [2.75, 3.05) is 46.0 Å². The van der Waals surface area contributed by atoms with Crippen molar-refractivity contribution in [2.24, 2.45) is 0 Å². The molecule has 1 aromatic carbocycles. The van der Waals surface area contributed by atoms with Crippen LogP contribution in [0.5, 0.6) is 17.2 Å². The highest BCUT2D eigenvalue weighted by Crippen LogP contribution is 2.39. The van der Waals surface area contributed by atoms with Gasteiger partial charge in [0.25, 0.3) is 5.91 Å². The minimum absolute atomic E-state index is 0.0479. The summed E-state index contributed by atoms with van der Waals surface area (Å²) < 4.78 is 22.6. The minimum atomic E-state index is -0.0479. The standard InChI is InChI=1S/C21H30N4O5/c1-5-27-17-12-16(13-18(28-6-2)20(17)29-7-3)21(26)25-10-8-24(9-11-25)14-19-23-22-15(4)30-19/h12-13H,5-11,14H2,1-4H3. The van der Waals surface area contributed by atoms with E-state index in [1.807, 2.05) is 25.7 Å². The quantitative estimate of drug-likeness (QED) is 0.614. The molecule has 1 aliphatic heterocycles. The highest BCUT2D eigenvalue weighted by atomic mass is 16.5. The van der Waals surface area contributed by atoms with Gasteiger partial charge in [-0.15, -0.1) is 10.2 Å². The van der Waals surface area contributed by atoms with Gasteiger partial charge in [-0.3, -0.25) is 9.69 Å². The van der Waals surface area contributed by atoms with Crippen LogP contribution < -0.4 is 14.2 Å². The van der Waals surface area contributed by atoms with E-state index < -0.39 is 0 Å². The van der Waals surface area contributed by atoms with Crippen molar-refractivity contribution in [2.45, 2.75) is 34.2 Å². The topological polar surface area (TPSA) is 90.2 Å². The molecule has 1 aromatic heterocycles. The normalized spacial score (nSPS) is 14.6. The largest absolute Gasteiger partial charge is 0.490 e. The lowest BCUT2D eigenvalue weighted by Crippen LogP contribution is -2.48. The molecule has 9 heteroatoms. The number of rotatable bonds is 9. The molecule has 1 fully saturated rings. The number of piperazine rings is 1. The van der Waals surface area contributed by atoms with Crippen molar-refractivity contribution in [3.63, 3.8) is 0 Å². The Balaban J connectivity index is 1.71. The lowest BCUT2D eigenvalue weighted by Gasteiger charge is -2.34. The maximum atomic E-state index is 13.2. The highest BCUT2D eigenvalue weighted by Gasteiger charge is 2.25. The number of carbonyl (C=O) groups excluding carboxylic acids is 1. The lowest BCUT2D eigenvalue weighted by molar-refractivity contribution is 0.0616. The number of nitrogens with zero attached hydrogens (tertiary/aromatic N) is 4. The van der Waals surface area contributed by atoms with E-state index in [-0.39, 0.29) is 5.91 Å². The van der Waals surface area contributed by atoms with Gasteiger partial charge < -0.3 is 23.5 Å². The van der Waals surface area contributed by atoms with Crippen LogP contribution in [0.4, 0.5) is 0 Å². The van der Waals surface area contributed by atoms with Crippen LogP contribution in [-0.2, 0) is 6.54 Å². The number of aromatic nitrogens is 2. The van der Waals surface area contributed by atoms with Crippen molar-refractivity contribution in [1.82, 2.24) is 20.0 Å². The zero-order valence-corrected chi connectivity index (χ0v) is 18.1. The SMILES string of the molecule is CCOc1cc(C(=O)N2CCN(Cc3nnc(C)o3)CC2)cc(OCC)c1OCC. The summed E-state index contributed by atoms with van der Waals surface area (Å²) in [5, 5.41) is 7.90. The van der Waals surface area contributed by atoms with Gasteiger partial charge in [-0.1, -0.05) is 0 Å². The van der Waals surface area contributed by atoms with Crippen molar-refractivity contribution < 1.29 is 23.4 Å². The predicted octanol–water partition coefficient (Wildman–Crippen LogP) is 2.53. The van der Waals surface area contributed by atoms with E-state index in [1.54, 1.807) is 19.1 Å². The predicted molar refractivity (Wildman–Crippen MR) is 110 cm³/mol. The second kappa shape index (κ2) is 10.3. The summed E-state index contributed by atoms with van der Waals surface area (Å²) in [6.45, 7) is 12.2. The average molecular weight is 418 g/mol. The van der Waals surface area contributed by atoms with Gasteiger partial charge in [0.1, 0.15) is 0 Å². The Morgan fingerprint density at radius 1 is 0.967 bits per heavy atom. The molecular weight excluding hydrogens is 388 g/mol. The Hall–Kier alpha value is -2.81. The van der Waals surface area contributed by atoms with E-state index in [4.69, 9.17) is 18.6 Å². The Morgan fingerprint density at radius 2 is 1.57 bits per heavy atom. The van der Waals surface area contributed by atoms with Crippen LogP contribution in [0.15, 0.2) is 16.5 Å². The summed E-state index contributed by atoms with van der Waals surface area (Å²) in [5.41, 5.74) is 0.534. The molecule has 0 atom stereocenters. The third-order valence-corrected chi connectivity index (χ3v) is 4.74. The molecule has 164 valence electrons. The molecular formula is C21H30N4O5. The number of benzene rings is 1. The zero-order chi connectivity index (χ0) is 21.5. The van der Waals surface area contributed by atoms with E-state index in [1.165, 1.54) is 0 Å². The average Bonchev–Trinajstić information content (AvgIpc) is 3.15. The van der Waals surface area contributed by atoms with Gasteiger partial charge in [-0.05, 0) is 32.9 Å². The molecule has 1 saturated heterocycles. The molecule has 1 aliphatic rings. The molecule has 1 amide bonds. The molecule has 9 nitrogen and oxygen atoms in total. The van der Waals surface area contributed by atoms with Crippen molar-refractivity contribution in [3.8, 4) is 17.2 Å². The Morgan fingerprint density at radius 3 is 2.07 bits per heavy atom. The zero-order valence-electron chi connectivity index (χ0n) is 18.1. The molecule has 0 saturated carbocycles. The molecule has 3 rings (SSSR count). The van der Waals surface area contributed by atoms with Crippen molar-refractivity contribution in [1.29, 1.82) is 0 Å². The van der Waals surface area contributed by atoms with Crippen LogP contribution in [0, 0.1) is 6.92 Å². The Bertz CT molecular complexity index is 819. The Labute approximate surface area is 176 Å². The van der Waals surface area contributed by atoms with E-state index in [0.29, 0.717) is 74.0 Å². The van der Waals surface area contributed by atoms with E-state index in [0.717, 1.165) is 13.1 Å². The maximum Gasteiger partial charge on any atom is 0.254 e. The van der Waals surface area contributed by atoms with Gasteiger partial charge in [-0.2, -0.15) is 0 Å². The molecule has 2 aromatic rings. The van der Waals surface area contributed by atoms with Crippen molar-refractivity contribution in [3.05, 3.63) is 29.5 Å². The van der Waals surface area contributed by atoms with E-state index in [2.05, 4.69) is 15.1 Å². The van der Waals surface area contributed by atoms with Crippen LogP contribution in [0.1, 0.15) is 42.9 Å². The molecule has 30 heavy (non-hydrogen) atoms.